The van der Waals surface area contributed by atoms with Crippen molar-refractivity contribution in [2.24, 2.45) is 0 Å². The van der Waals surface area contributed by atoms with Gasteiger partial charge >= 0.3 is 0 Å². The molecule has 1 unspecified atom stereocenters. The standard InChI is InChI=1S/C11H19NO3S3/c1-8-7-17-10(6-13)11(8)18(14,15)12-9(2)4-5-16-3/h7,9,12-13H,4-6H2,1-3H3. The Balaban J connectivity index is 2.89. The van der Waals surface area contributed by atoms with Crippen molar-refractivity contribution in [3.05, 3.63) is 15.8 Å². The molecular formula is C11H19NO3S3. The molecule has 1 atom stereocenters. The van der Waals surface area contributed by atoms with Crippen molar-refractivity contribution in [3.8, 4) is 0 Å². The van der Waals surface area contributed by atoms with E-state index in [9.17, 15) is 13.5 Å². The number of nitrogens with one attached hydrogen (secondary N) is 1. The van der Waals surface area contributed by atoms with E-state index in [1.54, 1.807) is 24.1 Å². The molecule has 0 aliphatic rings. The van der Waals surface area contributed by atoms with E-state index >= 15 is 0 Å². The van der Waals surface area contributed by atoms with Crippen molar-refractivity contribution in [2.75, 3.05) is 12.0 Å². The van der Waals surface area contributed by atoms with Crippen LogP contribution < -0.4 is 4.72 Å². The molecule has 104 valence electrons. The van der Waals surface area contributed by atoms with Gasteiger partial charge in [0.2, 0.25) is 10.0 Å². The van der Waals surface area contributed by atoms with E-state index in [2.05, 4.69) is 4.72 Å². The lowest BCUT2D eigenvalue weighted by Crippen LogP contribution is -2.33. The molecule has 0 saturated heterocycles. The number of thioether (sulfide) groups is 1. The minimum absolute atomic E-state index is 0.103. The van der Waals surface area contributed by atoms with Crippen molar-refractivity contribution in [3.63, 3.8) is 0 Å². The van der Waals surface area contributed by atoms with E-state index in [0.29, 0.717) is 10.4 Å². The zero-order chi connectivity index (χ0) is 13.8. The average Bonchev–Trinajstić information content (AvgIpc) is 2.67. The molecule has 0 spiro atoms. The molecule has 1 rings (SSSR count). The number of aliphatic hydroxyl groups excluding tert-OH is 1. The van der Waals surface area contributed by atoms with E-state index in [-0.39, 0.29) is 17.5 Å². The Kier molecular flexibility index (Phi) is 6.13. The third kappa shape index (κ3) is 3.96. The molecule has 0 aromatic carbocycles. The van der Waals surface area contributed by atoms with Crippen LogP contribution in [0.25, 0.3) is 0 Å². The highest BCUT2D eigenvalue weighted by atomic mass is 32.2. The van der Waals surface area contributed by atoms with Crippen LogP contribution in [0.5, 0.6) is 0 Å². The summed E-state index contributed by atoms with van der Waals surface area (Å²) < 4.78 is 27.2. The molecule has 0 aliphatic carbocycles. The fourth-order valence-electron chi connectivity index (χ4n) is 1.63. The molecule has 1 aromatic heterocycles. The molecule has 1 aromatic rings. The van der Waals surface area contributed by atoms with Gasteiger partial charge in [-0.2, -0.15) is 11.8 Å². The summed E-state index contributed by atoms with van der Waals surface area (Å²) in [5.74, 6) is 0.916. The van der Waals surface area contributed by atoms with Gasteiger partial charge < -0.3 is 5.11 Å². The van der Waals surface area contributed by atoms with Gasteiger partial charge in [0.1, 0.15) is 4.90 Å². The first-order valence-electron chi connectivity index (χ1n) is 5.61. The van der Waals surface area contributed by atoms with E-state index < -0.39 is 10.0 Å². The van der Waals surface area contributed by atoms with Crippen LogP contribution >= 0.6 is 23.1 Å². The number of aryl methyl sites for hydroxylation is 1. The minimum Gasteiger partial charge on any atom is -0.391 e. The zero-order valence-electron chi connectivity index (χ0n) is 10.8. The first-order valence-corrected chi connectivity index (χ1v) is 9.37. The van der Waals surface area contributed by atoms with Gasteiger partial charge in [0.25, 0.3) is 0 Å². The Morgan fingerprint density at radius 1 is 1.56 bits per heavy atom. The van der Waals surface area contributed by atoms with E-state index in [4.69, 9.17) is 0 Å². The van der Waals surface area contributed by atoms with Crippen molar-refractivity contribution in [2.45, 2.75) is 37.8 Å². The Morgan fingerprint density at radius 2 is 2.22 bits per heavy atom. The SMILES string of the molecule is CSCCC(C)NS(=O)(=O)c1c(C)csc1CO. The van der Waals surface area contributed by atoms with Crippen molar-refractivity contribution < 1.29 is 13.5 Å². The fraction of sp³-hybridized carbons (Fsp3) is 0.636. The van der Waals surface area contributed by atoms with Gasteiger partial charge in [-0.15, -0.1) is 11.3 Å². The maximum Gasteiger partial charge on any atom is 0.242 e. The first-order chi connectivity index (χ1) is 8.42. The van der Waals surface area contributed by atoms with Crippen molar-refractivity contribution in [1.29, 1.82) is 0 Å². The number of aliphatic hydroxyl groups is 1. The van der Waals surface area contributed by atoms with Gasteiger partial charge in [-0.25, -0.2) is 13.1 Å². The van der Waals surface area contributed by atoms with Crippen LogP contribution in [0.3, 0.4) is 0 Å². The highest BCUT2D eigenvalue weighted by molar-refractivity contribution is 7.98. The Morgan fingerprint density at radius 3 is 2.78 bits per heavy atom. The molecule has 0 radical (unpaired) electrons. The Labute approximate surface area is 117 Å². The second-order valence-electron chi connectivity index (χ2n) is 4.13. The molecule has 0 fully saturated rings. The summed E-state index contributed by atoms with van der Waals surface area (Å²) in [6.45, 7) is 3.36. The first kappa shape index (κ1) is 16.0. The van der Waals surface area contributed by atoms with Crippen LogP contribution in [0.2, 0.25) is 0 Å². The maximum atomic E-state index is 12.2. The number of thiophene rings is 1. The maximum absolute atomic E-state index is 12.2. The molecule has 0 saturated carbocycles. The number of sulfonamides is 1. The molecule has 7 heteroatoms. The van der Waals surface area contributed by atoms with Crippen LogP contribution in [0.4, 0.5) is 0 Å². The summed E-state index contributed by atoms with van der Waals surface area (Å²) >= 11 is 2.97. The van der Waals surface area contributed by atoms with Crippen LogP contribution in [0.15, 0.2) is 10.3 Å². The normalized spacial score (nSPS) is 13.8. The molecule has 0 amide bonds. The quantitative estimate of drug-likeness (QED) is 0.808. The van der Waals surface area contributed by atoms with Crippen LogP contribution in [0.1, 0.15) is 23.8 Å². The predicted molar refractivity (Wildman–Crippen MR) is 77.8 cm³/mol. The van der Waals surface area contributed by atoms with Crippen LogP contribution in [-0.4, -0.2) is 31.6 Å². The zero-order valence-corrected chi connectivity index (χ0v) is 13.2. The molecule has 2 N–H and O–H groups in total. The summed E-state index contributed by atoms with van der Waals surface area (Å²) in [4.78, 5) is 0.739. The highest BCUT2D eigenvalue weighted by Crippen LogP contribution is 2.27. The summed E-state index contributed by atoms with van der Waals surface area (Å²) in [7, 11) is -3.53. The Bertz CT molecular complexity index is 482. The molecular weight excluding hydrogens is 290 g/mol. The summed E-state index contributed by atoms with van der Waals surface area (Å²) in [6.07, 6.45) is 2.78. The lowest BCUT2D eigenvalue weighted by Gasteiger charge is -2.14. The van der Waals surface area contributed by atoms with Gasteiger partial charge in [0.05, 0.1) is 11.5 Å². The predicted octanol–water partition coefficient (Wildman–Crippen LogP) is 1.97. The van der Waals surface area contributed by atoms with Gasteiger partial charge in [0.15, 0.2) is 0 Å². The van der Waals surface area contributed by atoms with E-state index in [1.165, 1.54) is 11.3 Å². The average molecular weight is 309 g/mol. The van der Waals surface area contributed by atoms with Gasteiger partial charge in [0, 0.05) is 6.04 Å². The topological polar surface area (TPSA) is 66.4 Å². The van der Waals surface area contributed by atoms with Crippen molar-refractivity contribution >= 4 is 33.1 Å². The lowest BCUT2D eigenvalue weighted by atomic mass is 10.3. The molecule has 4 nitrogen and oxygen atoms in total. The molecule has 0 aliphatic heterocycles. The largest absolute Gasteiger partial charge is 0.391 e. The van der Waals surface area contributed by atoms with Crippen LogP contribution in [0, 0.1) is 6.92 Å². The fourth-order valence-corrected chi connectivity index (χ4v) is 5.16. The van der Waals surface area contributed by atoms with E-state index in [0.717, 1.165) is 12.2 Å². The molecule has 18 heavy (non-hydrogen) atoms. The van der Waals surface area contributed by atoms with Gasteiger partial charge in [-0.05, 0) is 43.2 Å². The summed E-state index contributed by atoms with van der Waals surface area (Å²) in [5.41, 5.74) is 0.689. The summed E-state index contributed by atoms with van der Waals surface area (Å²) in [5, 5.41) is 10.9. The van der Waals surface area contributed by atoms with Gasteiger partial charge in [-0.1, -0.05) is 0 Å². The summed E-state index contributed by atoms with van der Waals surface area (Å²) in [6, 6.07) is -0.103. The van der Waals surface area contributed by atoms with Crippen LogP contribution in [-0.2, 0) is 16.6 Å². The van der Waals surface area contributed by atoms with E-state index in [1.807, 2.05) is 13.2 Å². The van der Waals surface area contributed by atoms with Crippen molar-refractivity contribution in [1.82, 2.24) is 4.72 Å². The Hall–Kier alpha value is -0.0800. The molecule has 1 heterocycles. The number of hydrogen-bond donors (Lipinski definition) is 2. The third-order valence-corrected chi connectivity index (χ3v) is 6.19. The van der Waals surface area contributed by atoms with Gasteiger partial charge in [-0.3, -0.25) is 0 Å². The minimum atomic E-state index is -3.53. The number of hydrogen-bond acceptors (Lipinski definition) is 5. The monoisotopic (exact) mass is 309 g/mol. The lowest BCUT2D eigenvalue weighted by molar-refractivity contribution is 0.282. The molecule has 0 bridgehead atoms. The third-order valence-electron chi connectivity index (χ3n) is 2.51. The smallest absolute Gasteiger partial charge is 0.242 e. The number of rotatable bonds is 7. The second kappa shape index (κ2) is 6.91. The highest BCUT2D eigenvalue weighted by Gasteiger charge is 2.24. The second-order valence-corrected chi connectivity index (χ2v) is 7.73.